The van der Waals surface area contributed by atoms with Crippen molar-refractivity contribution in [2.45, 2.75) is 77.7 Å². The Bertz CT molecular complexity index is 356. The number of ether oxygens (including phenoxy) is 1. The molecule has 0 aromatic rings. The smallest absolute Gasteiger partial charge is 0.302 e. The van der Waals surface area contributed by atoms with Crippen LogP contribution in [0, 0.1) is 0 Å². The molecule has 0 saturated carbocycles. The summed E-state index contributed by atoms with van der Waals surface area (Å²) >= 11 is 0. The molecule has 7 heteroatoms. The number of rotatable bonds is 12. The summed E-state index contributed by atoms with van der Waals surface area (Å²) in [5.41, 5.74) is 0. The normalized spacial score (nSPS) is 12.5. The molecule has 1 unspecified atom stereocenters. The first-order valence-electron chi connectivity index (χ1n) is 7.47. The molecule has 0 amide bonds. The number of carbonyl (C=O) groups is 1. The van der Waals surface area contributed by atoms with Crippen molar-refractivity contribution in [3.05, 3.63) is 0 Å². The summed E-state index contributed by atoms with van der Waals surface area (Å²) in [6.45, 7) is 3.43. The fourth-order valence-electron chi connectivity index (χ4n) is 2.15. The second-order valence-electron chi connectivity index (χ2n) is 5.24. The van der Waals surface area contributed by atoms with Crippen LogP contribution in [0.3, 0.4) is 0 Å². The van der Waals surface area contributed by atoms with Crippen LogP contribution >= 0.6 is 0 Å². The number of hydrogen-bond acceptors (Lipinski definition) is 4. The van der Waals surface area contributed by atoms with Gasteiger partial charge in [0.25, 0.3) is 10.1 Å². The van der Waals surface area contributed by atoms with E-state index in [2.05, 4.69) is 6.92 Å². The Labute approximate surface area is 151 Å². The van der Waals surface area contributed by atoms with E-state index in [1.165, 1.54) is 39.0 Å². The average Bonchev–Trinajstić information content (AvgIpc) is 2.29. The van der Waals surface area contributed by atoms with E-state index in [0.717, 1.165) is 19.3 Å². The predicted molar refractivity (Wildman–Crippen MR) is 85.0 cm³/mol. The molecule has 1 atom stereocenters. The monoisotopic (exact) mass is 331 g/mol. The topological polar surface area (TPSA) is 80.7 Å². The minimum atomic E-state index is -4.10. The van der Waals surface area contributed by atoms with E-state index < -0.39 is 27.9 Å². The Kier molecular flexibility index (Phi) is 15.8. The van der Waals surface area contributed by atoms with Gasteiger partial charge in [-0.1, -0.05) is 51.9 Å². The molecule has 1 radical (unpaired) electrons. The Morgan fingerprint density at radius 3 is 1.95 bits per heavy atom. The first kappa shape index (κ1) is 23.6. The Morgan fingerprint density at radius 1 is 1.05 bits per heavy atom. The maximum Gasteiger partial charge on any atom is 0.302 e. The molecular weight excluding hydrogens is 303 g/mol. The van der Waals surface area contributed by atoms with Gasteiger partial charge in [0.2, 0.25) is 0 Å². The van der Waals surface area contributed by atoms with Crippen LogP contribution in [-0.2, 0) is 19.6 Å². The van der Waals surface area contributed by atoms with Gasteiger partial charge in [-0.05, 0) is 12.8 Å². The van der Waals surface area contributed by atoms with Gasteiger partial charge in [-0.3, -0.25) is 9.35 Å². The minimum Gasteiger partial charge on any atom is -0.461 e. The van der Waals surface area contributed by atoms with Crippen molar-refractivity contribution < 1.29 is 22.5 Å². The van der Waals surface area contributed by atoms with Gasteiger partial charge < -0.3 is 4.74 Å². The van der Waals surface area contributed by atoms with Crippen LogP contribution in [-0.4, -0.2) is 60.4 Å². The van der Waals surface area contributed by atoms with Crippen LogP contribution in [0.1, 0.15) is 71.6 Å². The molecule has 0 rings (SSSR count). The summed E-state index contributed by atoms with van der Waals surface area (Å²) in [5.74, 6) is -1.03. The van der Waals surface area contributed by atoms with Crippen LogP contribution in [0.25, 0.3) is 0 Å². The summed E-state index contributed by atoms with van der Waals surface area (Å²) in [7, 11) is -4.10. The number of esters is 1. The van der Waals surface area contributed by atoms with Gasteiger partial charge in [0.15, 0.2) is 0 Å². The van der Waals surface area contributed by atoms with E-state index in [-0.39, 0.29) is 29.6 Å². The summed E-state index contributed by atoms with van der Waals surface area (Å²) in [6, 6.07) is 0. The van der Waals surface area contributed by atoms with E-state index in [9.17, 15) is 13.2 Å². The Morgan fingerprint density at radius 2 is 1.52 bits per heavy atom. The zero-order valence-corrected chi connectivity index (χ0v) is 16.5. The fraction of sp³-hybridized carbons (Fsp3) is 0.929. The van der Waals surface area contributed by atoms with E-state index in [4.69, 9.17) is 9.29 Å². The van der Waals surface area contributed by atoms with E-state index in [1.807, 2.05) is 0 Å². The molecule has 0 aliphatic carbocycles. The standard InChI is InChI=1S/C14H28O5S.Na/c1-3-4-5-6-7-8-9-10-11-14(19-13(2)15)12-20(16,17)18;/h14H,3-12H2,1-2H3,(H,16,17,18);. The van der Waals surface area contributed by atoms with Crippen molar-refractivity contribution in [3.63, 3.8) is 0 Å². The molecule has 0 aliphatic rings. The summed E-state index contributed by atoms with van der Waals surface area (Å²) in [5, 5.41) is 0. The molecule has 0 heterocycles. The van der Waals surface area contributed by atoms with E-state index in [1.54, 1.807) is 0 Å². The van der Waals surface area contributed by atoms with Gasteiger partial charge in [-0.25, -0.2) is 0 Å². The van der Waals surface area contributed by atoms with Crippen LogP contribution in [0.4, 0.5) is 0 Å². The zero-order valence-electron chi connectivity index (χ0n) is 13.6. The zero-order chi connectivity index (χ0) is 15.4. The SMILES string of the molecule is CCCCCCCCCCC(CS(=O)(=O)O)OC(C)=O.[Na]. The van der Waals surface area contributed by atoms with Crippen molar-refractivity contribution in [3.8, 4) is 0 Å². The molecule has 1 N–H and O–H groups in total. The molecule has 121 valence electrons. The third-order valence-corrected chi connectivity index (χ3v) is 3.90. The molecule has 0 bridgehead atoms. The summed E-state index contributed by atoms with van der Waals surface area (Å²) < 4.78 is 35.4. The first-order chi connectivity index (χ1) is 9.35. The second-order valence-corrected chi connectivity index (χ2v) is 6.74. The van der Waals surface area contributed by atoms with Gasteiger partial charge >= 0.3 is 5.97 Å². The van der Waals surface area contributed by atoms with Crippen LogP contribution < -0.4 is 0 Å². The Hall–Kier alpha value is 0.380. The maximum atomic E-state index is 10.9. The number of hydrogen-bond donors (Lipinski definition) is 1. The van der Waals surface area contributed by atoms with Gasteiger partial charge in [-0.2, -0.15) is 8.42 Å². The van der Waals surface area contributed by atoms with Crippen LogP contribution in [0.15, 0.2) is 0 Å². The largest absolute Gasteiger partial charge is 0.461 e. The molecule has 0 fully saturated rings. The molecule has 0 aromatic carbocycles. The molecule has 0 saturated heterocycles. The summed E-state index contributed by atoms with van der Waals surface area (Å²) in [6.07, 6.45) is 8.89. The predicted octanol–water partition coefficient (Wildman–Crippen LogP) is 2.96. The molecule has 21 heavy (non-hydrogen) atoms. The van der Waals surface area contributed by atoms with Crippen LogP contribution in [0.5, 0.6) is 0 Å². The molecular formula is C14H28NaO5S. The van der Waals surface area contributed by atoms with Crippen molar-refractivity contribution >= 4 is 45.6 Å². The second kappa shape index (κ2) is 14.0. The van der Waals surface area contributed by atoms with Crippen molar-refractivity contribution in [1.82, 2.24) is 0 Å². The molecule has 5 nitrogen and oxygen atoms in total. The quantitative estimate of drug-likeness (QED) is 0.257. The number of carbonyl (C=O) groups excluding carboxylic acids is 1. The van der Waals surface area contributed by atoms with Gasteiger partial charge in [0.05, 0.1) is 0 Å². The third kappa shape index (κ3) is 18.3. The number of unbranched alkanes of at least 4 members (excludes halogenated alkanes) is 7. The third-order valence-electron chi connectivity index (χ3n) is 3.11. The molecule has 0 aliphatic heterocycles. The maximum absolute atomic E-state index is 10.9. The summed E-state index contributed by atoms with van der Waals surface area (Å²) in [4.78, 5) is 10.9. The fourth-order valence-corrected chi connectivity index (χ4v) is 2.86. The van der Waals surface area contributed by atoms with E-state index in [0.29, 0.717) is 6.42 Å². The molecule has 0 spiro atoms. The Balaban J connectivity index is 0. The minimum absolute atomic E-state index is 0. The van der Waals surface area contributed by atoms with Crippen LogP contribution in [0.2, 0.25) is 0 Å². The molecule has 0 aromatic heterocycles. The van der Waals surface area contributed by atoms with Gasteiger partial charge in [0, 0.05) is 36.5 Å². The van der Waals surface area contributed by atoms with E-state index >= 15 is 0 Å². The van der Waals surface area contributed by atoms with Crippen molar-refractivity contribution in [1.29, 1.82) is 0 Å². The van der Waals surface area contributed by atoms with Crippen molar-refractivity contribution in [2.24, 2.45) is 0 Å². The first-order valence-corrected chi connectivity index (χ1v) is 9.08. The average molecular weight is 331 g/mol. The van der Waals surface area contributed by atoms with Gasteiger partial charge in [-0.15, -0.1) is 0 Å². The van der Waals surface area contributed by atoms with Crippen molar-refractivity contribution in [2.75, 3.05) is 5.75 Å². The van der Waals surface area contributed by atoms with Gasteiger partial charge in [0.1, 0.15) is 11.9 Å².